The first kappa shape index (κ1) is 13.1. The van der Waals surface area contributed by atoms with Crippen LogP contribution in [0, 0.1) is 0 Å². The fourth-order valence-electron chi connectivity index (χ4n) is 1.59. The van der Waals surface area contributed by atoms with Gasteiger partial charge in [0.1, 0.15) is 22.4 Å². The van der Waals surface area contributed by atoms with Gasteiger partial charge in [0, 0.05) is 5.02 Å². The minimum absolute atomic E-state index is 0.0179. The topological polar surface area (TPSA) is 63.8 Å². The average molecular weight is 328 g/mol. The summed E-state index contributed by atoms with van der Waals surface area (Å²) in [5.41, 5.74) is 6.70. The number of halogens is 2. The molecule has 1 atom stereocenters. The van der Waals surface area contributed by atoms with E-state index in [9.17, 15) is 0 Å². The van der Waals surface area contributed by atoms with Crippen molar-refractivity contribution in [1.82, 2.24) is 9.97 Å². The Labute approximate surface area is 119 Å². The smallest absolute Gasteiger partial charge is 0.146 e. The molecule has 1 unspecified atom stereocenters. The van der Waals surface area contributed by atoms with Gasteiger partial charge in [0.05, 0.1) is 6.04 Å². The lowest BCUT2D eigenvalue weighted by molar-refractivity contribution is 0.870. The summed E-state index contributed by atoms with van der Waals surface area (Å²) in [4.78, 5) is 8.03. The molecule has 0 amide bonds. The van der Waals surface area contributed by atoms with E-state index < -0.39 is 0 Å². The second kappa shape index (κ2) is 5.54. The predicted molar refractivity (Wildman–Crippen MR) is 77.6 cm³/mol. The third-order valence-electron chi connectivity index (χ3n) is 2.54. The lowest BCUT2D eigenvalue weighted by atomic mass is 10.1. The third kappa shape index (κ3) is 2.73. The van der Waals surface area contributed by atoms with Crippen LogP contribution in [0.5, 0.6) is 0 Å². The molecule has 1 heterocycles. The van der Waals surface area contributed by atoms with Crippen molar-refractivity contribution in [1.29, 1.82) is 0 Å². The number of anilines is 2. The van der Waals surface area contributed by atoms with E-state index in [-0.39, 0.29) is 6.04 Å². The fourth-order valence-corrected chi connectivity index (χ4v) is 2.21. The molecule has 0 bridgehead atoms. The Kier molecular flexibility index (Phi) is 4.04. The lowest BCUT2D eigenvalue weighted by Crippen LogP contribution is -2.10. The summed E-state index contributed by atoms with van der Waals surface area (Å²) in [6.07, 6.45) is 1.42. The molecule has 4 nitrogen and oxygen atoms in total. The van der Waals surface area contributed by atoms with Crippen molar-refractivity contribution in [3.63, 3.8) is 0 Å². The molecule has 0 aliphatic carbocycles. The predicted octanol–water partition coefficient (Wildman–Crippen LogP) is 3.65. The van der Waals surface area contributed by atoms with E-state index in [2.05, 4.69) is 31.2 Å². The van der Waals surface area contributed by atoms with Gasteiger partial charge in [-0.15, -0.1) is 0 Å². The maximum Gasteiger partial charge on any atom is 0.146 e. The molecular formula is C12H12BrClN4. The lowest BCUT2D eigenvalue weighted by Gasteiger charge is -2.17. The van der Waals surface area contributed by atoms with Crippen LogP contribution in [0.1, 0.15) is 18.5 Å². The number of aromatic nitrogens is 2. The van der Waals surface area contributed by atoms with Crippen LogP contribution in [0.4, 0.5) is 11.6 Å². The van der Waals surface area contributed by atoms with E-state index in [1.165, 1.54) is 6.33 Å². The fraction of sp³-hybridized carbons (Fsp3) is 0.167. The SMILES string of the molecule is CC(Nc1ncnc(N)c1Br)c1ccccc1Cl. The zero-order valence-corrected chi connectivity index (χ0v) is 12.0. The number of hydrogen-bond acceptors (Lipinski definition) is 4. The molecule has 1 aromatic heterocycles. The molecule has 3 N–H and O–H groups in total. The summed E-state index contributed by atoms with van der Waals surface area (Å²) in [5.74, 6) is 1.05. The third-order valence-corrected chi connectivity index (χ3v) is 3.67. The maximum atomic E-state index is 6.15. The standard InChI is InChI=1S/C12H12BrClN4/c1-7(8-4-2-3-5-9(8)14)18-12-10(13)11(15)16-6-17-12/h2-7H,1H3,(H3,15,16,17,18). The van der Waals surface area contributed by atoms with E-state index in [4.69, 9.17) is 17.3 Å². The first-order valence-electron chi connectivity index (χ1n) is 5.36. The van der Waals surface area contributed by atoms with Gasteiger partial charge in [-0.25, -0.2) is 9.97 Å². The molecule has 0 saturated heterocycles. The Hall–Kier alpha value is -1.33. The molecular weight excluding hydrogens is 316 g/mol. The van der Waals surface area contributed by atoms with Gasteiger partial charge in [-0.05, 0) is 34.5 Å². The van der Waals surface area contributed by atoms with Crippen molar-refractivity contribution in [2.24, 2.45) is 0 Å². The Morgan fingerprint density at radius 3 is 2.78 bits per heavy atom. The number of hydrogen-bond donors (Lipinski definition) is 2. The molecule has 6 heteroatoms. The maximum absolute atomic E-state index is 6.15. The van der Waals surface area contributed by atoms with Crippen LogP contribution in [0.25, 0.3) is 0 Å². The van der Waals surface area contributed by atoms with Crippen molar-refractivity contribution >= 4 is 39.2 Å². The van der Waals surface area contributed by atoms with Crippen molar-refractivity contribution < 1.29 is 0 Å². The zero-order chi connectivity index (χ0) is 13.1. The van der Waals surface area contributed by atoms with Gasteiger partial charge in [-0.3, -0.25) is 0 Å². The molecule has 0 aliphatic heterocycles. The minimum atomic E-state index is 0.0179. The van der Waals surface area contributed by atoms with Gasteiger partial charge >= 0.3 is 0 Å². The molecule has 0 fully saturated rings. The molecule has 94 valence electrons. The van der Waals surface area contributed by atoms with Crippen LogP contribution in [-0.2, 0) is 0 Å². The van der Waals surface area contributed by atoms with Crippen molar-refractivity contribution in [3.05, 3.63) is 45.7 Å². The molecule has 0 spiro atoms. The Morgan fingerprint density at radius 1 is 1.33 bits per heavy atom. The molecule has 0 radical (unpaired) electrons. The van der Waals surface area contributed by atoms with E-state index in [0.717, 1.165) is 10.6 Å². The zero-order valence-electron chi connectivity index (χ0n) is 9.69. The number of nitrogens with two attached hydrogens (primary N) is 1. The normalized spacial score (nSPS) is 12.2. The van der Waals surface area contributed by atoms with E-state index in [1.54, 1.807) is 0 Å². The molecule has 2 aromatic rings. The highest BCUT2D eigenvalue weighted by molar-refractivity contribution is 9.10. The van der Waals surface area contributed by atoms with Gasteiger partial charge in [-0.1, -0.05) is 29.8 Å². The molecule has 0 aliphatic rings. The van der Waals surface area contributed by atoms with Crippen LogP contribution < -0.4 is 11.1 Å². The van der Waals surface area contributed by atoms with Gasteiger partial charge in [-0.2, -0.15) is 0 Å². The van der Waals surface area contributed by atoms with Gasteiger partial charge in [0.2, 0.25) is 0 Å². The monoisotopic (exact) mass is 326 g/mol. The van der Waals surface area contributed by atoms with E-state index in [0.29, 0.717) is 16.1 Å². The summed E-state index contributed by atoms with van der Waals surface area (Å²) in [6.45, 7) is 2.01. The van der Waals surface area contributed by atoms with Crippen molar-refractivity contribution in [3.8, 4) is 0 Å². The van der Waals surface area contributed by atoms with Crippen LogP contribution in [0.15, 0.2) is 35.1 Å². The van der Waals surface area contributed by atoms with E-state index >= 15 is 0 Å². The first-order chi connectivity index (χ1) is 8.59. The number of nitrogens with zero attached hydrogens (tertiary/aromatic N) is 2. The Bertz CT molecular complexity index is 562. The summed E-state index contributed by atoms with van der Waals surface area (Å²) < 4.78 is 0.656. The molecule has 1 aromatic carbocycles. The van der Waals surface area contributed by atoms with Gasteiger partial charge in [0.15, 0.2) is 0 Å². The number of rotatable bonds is 3. The summed E-state index contributed by atoms with van der Waals surface area (Å²) in [7, 11) is 0. The number of nitrogens with one attached hydrogen (secondary N) is 1. The highest BCUT2D eigenvalue weighted by atomic mass is 79.9. The largest absolute Gasteiger partial charge is 0.383 e. The minimum Gasteiger partial charge on any atom is -0.383 e. The Balaban J connectivity index is 2.24. The molecule has 2 rings (SSSR count). The summed E-state index contributed by atoms with van der Waals surface area (Å²) in [5, 5.41) is 3.96. The first-order valence-corrected chi connectivity index (χ1v) is 6.53. The highest BCUT2D eigenvalue weighted by Gasteiger charge is 2.12. The number of nitrogen functional groups attached to an aromatic ring is 1. The quantitative estimate of drug-likeness (QED) is 0.903. The van der Waals surface area contributed by atoms with Crippen LogP contribution in [0.3, 0.4) is 0 Å². The average Bonchev–Trinajstić information content (AvgIpc) is 2.35. The number of benzene rings is 1. The van der Waals surface area contributed by atoms with E-state index in [1.807, 2.05) is 31.2 Å². The molecule has 18 heavy (non-hydrogen) atoms. The highest BCUT2D eigenvalue weighted by Crippen LogP contribution is 2.29. The van der Waals surface area contributed by atoms with Crippen molar-refractivity contribution in [2.45, 2.75) is 13.0 Å². The summed E-state index contributed by atoms with van der Waals surface area (Å²) >= 11 is 9.50. The van der Waals surface area contributed by atoms with Gasteiger partial charge < -0.3 is 11.1 Å². The Morgan fingerprint density at radius 2 is 2.06 bits per heavy atom. The van der Waals surface area contributed by atoms with Crippen LogP contribution in [0.2, 0.25) is 5.02 Å². The van der Waals surface area contributed by atoms with Gasteiger partial charge in [0.25, 0.3) is 0 Å². The van der Waals surface area contributed by atoms with Crippen LogP contribution >= 0.6 is 27.5 Å². The van der Waals surface area contributed by atoms with Crippen LogP contribution in [-0.4, -0.2) is 9.97 Å². The summed E-state index contributed by atoms with van der Waals surface area (Å²) in [6, 6.07) is 7.70. The second-order valence-corrected chi connectivity index (χ2v) is 5.01. The molecule has 0 saturated carbocycles. The van der Waals surface area contributed by atoms with Crippen molar-refractivity contribution in [2.75, 3.05) is 11.1 Å². The second-order valence-electron chi connectivity index (χ2n) is 3.81.